The van der Waals surface area contributed by atoms with Crippen LogP contribution >= 0.6 is 36.2 Å². The second kappa shape index (κ2) is 8.67. The van der Waals surface area contributed by atoms with Crippen LogP contribution in [-0.2, 0) is 4.79 Å². The fourth-order valence-corrected chi connectivity index (χ4v) is 4.70. The van der Waals surface area contributed by atoms with Crippen LogP contribution < -0.4 is 5.32 Å². The molecule has 0 saturated carbocycles. The topological polar surface area (TPSA) is 45.2 Å². The summed E-state index contributed by atoms with van der Waals surface area (Å²) in [6.45, 7) is 5.84. The van der Waals surface area contributed by atoms with Crippen LogP contribution in [0.3, 0.4) is 0 Å². The second-order valence-corrected chi connectivity index (χ2v) is 7.89. The van der Waals surface area contributed by atoms with Crippen molar-refractivity contribution < 1.29 is 4.79 Å². The number of carbonyl (C=O) groups excluding carboxylic acids is 1. The van der Waals surface area contributed by atoms with Crippen molar-refractivity contribution in [2.24, 2.45) is 11.8 Å². The predicted molar refractivity (Wildman–Crippen MR) is 108 cm³/mol. The number of rotatable bonds is 3. The van der Waals surface area contributed by atoms with E-state index in [1.807, 2.05) is 17.4 Å². The highest BCUT2D eigenvalue weighted by atomic mass is 35.5. The molecule has 0 spiro atoms. The molecule has 2 aliphatic heterocycles. The van der Waals surface area contributed by atoms with E-state index in [0.29, 0.717) is 17.7 Å². The zero-order valence-corrected chi connectivity index (χ0v) is 16.8. The smallest absolute Gasteiger partial charge is 0.225 e. The molecule has 1 N–H and O–H groups in total. The number of aromatic nitrogens is 1. The van der Waals surface area contributed by atoms with Crippen LogP contribution in [-0.4, -0.2) is 42.0 Å². The lowest BCUT2D eigenvalue weighted by molar-refractivity contribution is -0.138. The number of halogens is 2. The number of nitrogens with zero attached hydrogens (tertiary/aromatic N) is 2. The number of thiazole rings is 1. The Morgan fingerprint density at radius 1 is 1.24 bits per heavy atom. The Morgan fingerprint density at radius 2 is 1.92 bits per heavy atom. The summed E-state index contributed by atoms with van der Waals surface area (Å²) in [6, 6.07) is 8.35. The first-order valence-electron chi connectivity index (χ1n) is 8.57. The zero-order valence-electron chi connectivity index (χ0n) is 14.3. The fourth-order valence-electron chi connectivity index (χ4n) is 3.57. The van der Waals surface area contributed by atoms with Crippen molar-refractivity contribution in [3.05, 3.63) is 29.3 Å². The van der Waals surface area contributed by atoms with E-state index < -0.39 is 0 Å². The van der Waals surface area contributed by atoms with Gasteiger partial charge in [0.15, 0.2) is 0 Å². The molecule has 4 rings (SSSR count). The van der Waals surface area contributed by atoms with E-state index in [9.17, 15) is 4.79 Å². The number of hydrogen-bond acceptors (Lipinski definition) is 4. The molecule has 1 aromatic heterocycles. The van der Waals surface area contributed by atoms with Gasteiger partial charge in [-0.1, -0.05) is 19.1 Å². The van der Waals surface area contributed by atoms with Gasteiger partial charge in [0.2, 0.25) is 5.91 Å². The maximum absolute atomic E-state index is 12.6. The summed E-state index contributed by atoms with van der Waals surface area (Å²) >= 11 is 1.81. The number of likely N-dealkylation sites (tertiary alicyclic amines) is 1. The second-order valence-electron chi connectivity index (χ2n) is 6.83. The number of benzene rings is 1. The van der Waals surface area contributed by atoms with E-state index >= 15 is 0 Å². The van der Waals surface area contributed by atoms with Gasteiger partial charge in [0, 0.05) is 24.9 Å². The van der Waals surface area contributed by atoms with E-state index in [1.54, 1.807) is 0 Å². The molecule has 2 saturated heterocycles. The van der Waals surface area contributed by atoms with E-state index in [0.717, 1.165) is 44.5 Å². The van der Waals surface area contributed by atoms with Gasteiger partial charge in [0.05, 0.1) is 15.2 Å². The van der Waals surface area contributed by atoms with Crippen LogP contribution in [0.5, 0.6) is 0 Å². The molecule has 0 aliphatic carbocycles. The molecule has 2 aromatic rings. The number of piperidine rings is 1. The monoisotopic (exact) mass is 401 g/mol. The van der Waals surface area contributed by atoms with Crippen molar-refractivity contribution in [3.63, 3.8) is 0 Å². The summed E-state index contributed by atoms with van der Waals surface area (Å²) in [5, 5.41) is 4.51. The van der Waals surface area contributed by atoms with Crippen molar-refractivity contribution in [2.45, 2.75) is 25.7 Å². The maximum atomic E-state index is 12.6. The van der Waals surface area contributed by atoms with Gasteiger partial charge >= 0.3 is 0 Å². The van der Waals surface area contributed by atoms with Crippen LogP contribution in [0.2, 0.25) is 0 Å². The van der Waals surface area contributed by atoms with Gasteiger partial charge in [-0.2, -0.15) is 0 Å². The third-order valence-electron chi connectivity index (χ3n) is 5.38. The number of amides is 1. The molecule has 7 heteroatoms. The Labute approximate surface area is 165 Å². The van der Waals surface area contributed by atoms with Crippen molar-refractivity contribution in [1.82, 2.24) is 15.2 Å². The lowest BCUT2D eigenvalue weighted by atomic mass is 9.87. The average molecular weight is 402 g/mol. The van der Waals surface area contributed by atoms with Crippen LogP contribution in [0.1, 0.15) is 30.7 Å². The van der Waals surface area contributed by atoms with Gasteiger partial charge in [0.25, 0.3) is 0 Å². The van der Waals surface area contributed by atoms with E-state index in [4.69, 9.17) is 4.98 Å². The molecule has 4 nitrogen and oxygen atoms in total. The minimum atomic E-state index is 0. The number of nitrogens with one attached hydrogen (secondary N) is 1. The Bertz CT molecular complexity index is 678. The van der Waals surface area contributed by atoms with E-state index in [-0.39, 0.29) is 30.7 Å². The molecule has 3 heterocycles. The maximum Gasteiger partial charge on any atom is 0.225 e. The number of para-hydroxylation sites is 1. The van der Waals surface area contributed by atoms with Gasteiger partial charge < -0.3 is 10.2 Å². The Kier molecular flexibility index (Phi) is 7.09. The molecular weight excluding hydrogens is 377 g/mol. The predicted octanol–water partition coefficient (Wildman–Crippen LogP) is 3.70. The number of fused-ring (bicyclic) bond motifs is 1. The molecule has 2 aliphatic rings. The van der Waals surface area contributed by atoms with Gasteiger partial charge in [-0.3, -0.25) is 4.79 Å². The molecule has 138 valence electrons. The largest absolute Gasteiger partial charge is 0.342 e. The lowest BCUT2D eigenvalue weighted by Crippen LogP contribution is -2.51. The minimum absolute atomic E-state index is 0. The molecule has 0 bridgehead atoms. The summed E-state index contributed by atoms with van der Waals surface area (Å²) in [7, 11) is 0. The van der Waals surface area contributed by atoms with E-state index in [2.05, 4.69) is 35.3 Å². The third kappa shape index (κ3) is 4.11. The van der Waals surface area contributed by atoms with Crippen molar-refractivity contribution in [3.8, 4) is 0 Å². The molecule has 25 heavy (non-hydrogen) atoms. The van der Waals surface area contributed by atoms with Crippen molar-refractivity contribution in [1.29, 1.82) is 0 Å². The molecule has 1 amide bonds. The highest BCUT2D eigenvalue weighted by Gasteiger charge is 2.33. The Morgan fingerprint density at radius 3 is 2.52 bits per heavy atom. The first-order chi connectivity index (χ1) is 11.2. The number of carbonyl (C=O) groups is 1. The van der Waals surface area contributed by atoms with Crippen LogP contribution in [0.4, 0.5) is 0 Å². The Hall–Kier alpha value is -0.880. The normalized spacial score (nSPS) is 19.6. The third-order valence-corrected chi connectivity index (χ3v) is 6.57. The molecular formula is C18H25Cl2N3OS. The number of hydrogen-bond donors (Lipinski definition) is 1. The van der Waals surface area contributed by atoms with Gasteiger partial charge in [-0.15, -0.1) is 36.2 Å². The first-order valence-corrected chi connectivity index (χ1v) is 9.39. The average Bonchev–Trinajstić information content (AvgIpc) is 2.96. The van der Waals surface area contributed by atoms with Crippen LogP contribution in [0.25, 0.3) is 10.2 Å². The van der Waals surface area contributed by atoms with Crippen molar-refractivity contribution >= 4 is 52.3 Å². The Balaban J connectivity index is 0.00000113. The van der Waals surface area contributed by atoms with E-state index in [1.165, 1.54) is 9.71 Å². The standard InChI is InChI=1S/C18H23N3OS.2ClH/c1-12(14-10-19-11-14)18(22)21-8-6-13(7-9-21)17-20-15-4-2-3-5-16(15)23-17;;/h2-5,12-14,19H,6-11H2,1H3;2*1H. The summed E-state index contributed by atoms with van der Waals surface area (Å²) < 4.78 is 1.27. The fraction of sp³-hybridized carbons (Fsp3) is 0.556. The SMILES string of the molecule is CC(C(=O)N1CCC(c2nc3ccccc3s2)CC1)C1CNC1.Cl.Cl. The molecule has 1 unspecified atom stereocenters. The van der Waals surface area contributed by atoms with Crippen LogP contribution in [0.15, 0.2) is 24.3 Å². The summed E-state index contributed by atoms with van der Waals surface area (Å²) in [5.74, 6) is 1.55. The summed E-state index contributed by atoms with van der Waals surface area (Å²) in [4.78, 5) is 19.5. The molecule has 0 radical (unpaired) electrons. The summed E-state index contributed by atoms with van der Waals surface area (Å²) in [5.41, 5.74) is 1.11. The molecule has 1 atom stereocenters. The lowest BCUT2D eigenvalue weighted by Gasteiger charge is -2.37. The van der Waals surface area contributed by atoms with Gasteiger partial charge in [-0.05, 0) is 44.0 Å². The highest BCUT2D eigenvalue weighted by Crippen LogP contribution is 2.34. The summed E-state index contributed by atoms with van der Waals surface area (Å²) in [6.07, 6.45) is 2.09. The molecule has 1 aromatic carbocycles. The quantitative estimate of drug-likeness (QED) is 0.852. The minimum Gasteiger partial charge on any atom is -0.342 e. The zero-order chi connectivity index (χ0) is 15.8. The molecule has 2 fully saturated rings. The highest BCUT2D eigenvalue weighted by molar-refractivity contribution is 7.18. The van der Waals surface area contributed by atoms with Crippen LogP contribution in [0, 0.1) is 11.8 Å². The van der Waals surface area contributed by atoms with Crippen molar-refractivity contribution in [2.75, 3.05) is 26.2 Å². The first kappa shape index (κ1) is 20.4. The van der Waals surface area contributed by atoms with Gasteiger partial charge in [0.1, 0.15) is 0 Å². The van der Waals surface area contributed by atoms with Gasteiger partial charge in [-0.25, -0.2) is 4.98 Å².